The number of carbonyl (C=O) groups excluding carboxylic acids is 2. The second-order valence-corrected chi connectivity index (χ2v) is 5.35. The first-order valence-corrected chi connectivity index (χ1v) is 7.02. The Morgan fingerprint density at radius 3 is 2.73 bits per heavy atom. The van der Waals surface area contributed by atoms with E-state index in [-0.39, 0.29) is 11.8 Å². The van der Waals surface area contributed by atoms with Crippen LogP contribution in [0.4, 0.5) is 10.6 Å². The third kappa shape index (κ3) is 2.52. The zero-order chi connectivity index (χ0) is 15.7. The molecular formula is C15H17N5O2. The van der Waals surface area contributed by atoms with Crippen LogP contribution in [0.2, 0.25) is 0 Å². The van der Waals surface area contributed by atoms with Gasteiger partial charge in [-0.05, 0) is 12.5 Å². The molecule has 0 spiro atoms. The van der Waals surface area contributed by atoms with Gasteiger partial charge in [-0.25, -0.2) is 4.79 Å². The van der Waals surface area contributed by atoms with Crippen LogP contribution >= 0.6 is 0 Å². The summed E-state index contributed by atoms with van der Waals surface area (Å²) in [5.41, 5.74) is 7.83. The molecule has 0 bridgehead atoms. The Morgan fingerprint density at radius 1 is 1.32 bits per heavy atom. The van der Waals surface area contributed by atoms with Crippen molar-refractivity contribution >= 4 is 17.8 Å². The number of nitrogens with two attached hydrogens (primary N) is 1. The Balaban J connectivity index is 1.73. The minimum absolute atomic E-state index is 0.141. The number of nitrogens with one attached hydrogen (secondary N) is 2. The van der Waals surface area contributed by atoms with Crippen LogP contribution in [0.1, 0.15) is 29.7 Å². The summed E-state index contributed by atoms with van der Waals surface area (Å²) >= 11 is 0. The van der Waals surface area contributed by atoms with Gasteiger partial charge in [-0.3, -0.25) is 9.89 Å². The maximum absolute atomic E-state index is 12.4. The molecule has 0 fully saturated rings. The van der Waals surface area contributed by atoms with Gasteiger partial charge in [0.2, 0.25) is 5.91 Å². The Labute approximate surface area is 127 Å². The van der Waals surface area contributed by atoms with Gasteiger partial charge in [0.25, 0.3) is 0 Å². The fraction of sp³-hybridized carbons (Fsp3) is 0.267. The summed E-state index contributed by atoms with van der Waals surface area (Å²) in [6, 6.07) is 9.04. The first-order chi connectivity index (χ1) is 10.6. The average molecular weight is 299 g/mol. The van der Waals surface area contributed by atoms with Crippen LogP contribution < -0.4 is 11.1 Å². The molecule has 1 unspecified atom stereocenters. The largest absolute Gasteiger partial charge is 0.351 e. The molecule has 7 nitrogen and oxygen atoms in total. The fourth-order valence-electron chi connectivity index (χ4n) is 2.52. The summed E-state index contributed by atoms with van der Waals surface area (Å²) in [6.07, 6.45) is 0. The van der Waals surface area contributed by atoms with Crippen molar-refractivity contribution in [3.8, 4) is 0 Å². The lowest BCUT2D eigenvalue weighted by Crippen LogP contribution is -2.31. The number of aromatic amines is 1. The molecule has 0 aliphatic carbocycles. The molecule has 0 saturated heterocycles. The molecule has 1 aromatic carbocycles. The zero-order valence-electron chi connectivity index (χ0n) is 12.2. The molecular weight excluding hydrogens is 282 g/mol. The van der Waals surface area contributed by atoms with E-state index in [1.54, 1.807) is 0 Å². The van der Waals surface area contributed by atoms with E-state index in [2.05, 4.69) is 15.5 Å². The van der Waals surface area contributed by atoms with Gasteiger partial charge in [0.05, 0.1) is 24.7 Å². The van der Waals surface area contributed by atoms with Gasteiger partial charge >= 0.3 is 6.03 Å². The van der Waals surface area contributed by atoms with E-state index >= 15 is 0 Å². The van der Waals surface area contributed by atoms with Crippen LogP contribution in [0.3, 0.4) is 0 Å². The van der Waals surface area contributed by atoms with Crippen molar-refractivity contribution in [3.63, 3.8) is 0 Å². The second kappa shape index (κ2) is 5.51. The lowest BCUT2D eigenvalue weighted by Gasteiger charge is -2.13. The van der Waals surface area contributed by atoms with E-state index in [1.807, 2.05) is 37.3 Å². The van der Waals surface area contributed by atoms with Crippen LogP contribution in [0.25, 0.3) is 0 Å². The summed E-state index contributed by atoms with van der Waals surface area (Å²) in [4.78, 5) is 25.1. The monoisotopic (exact) mass is 299 g/mol. The zero-order valence-corrected chi connectivity index (χ0v) is 12.2. The SMILES string of the molecule is CC(C(=O)Nc1n[nH]c2c1CN(C(N)=O)C2)c1ccccc1. The minimum Gasteiger partial charge on any atom is -0.351 e. The van der Waals surface area contributed by atoms with Gasteiger partial charge in [0.1, 0.15) is 0 Å². The van der Waals surface area contributed by atoms with Crippen molar-refractivity contribution in [2.24, 2.45) is 5.73 Å². The second-order valence-electron chi connectivity index (χ2n) is 5.35. The molecule has 1 aliphatic heterocycles. The van der Waals surface area contributed by atoms with Gasteiger partial charge < -0.3 is 16.0 Å². The van der Waals surface area contributed by atoms with Gasteiger partial charge in [0.15, 0.2) is 5.82 Å². The molecule has 3 rings (SSSR count). The number of amides is 3. The summed E-state index contributed by atoms with van der Waals surface area (Å²) in [6.45, 7) is 2.59. The van der Waals surface area contributed by atoms with E-state index in [0.29, 0.717) is 18.9 Å². The highest BCUT2D eigenvalue weighted by Gasteiger charge is 2.28. The number of anilines is 1. The Hall–Kier alpha value is -2.83. The number of primary amides is 1. The van der Waals surface area contributed by atoms with E-state index in [1.165, 1.54) is 4.90 Å². The third-order valence-electron chi connectivity index (χ3n) is 3.90. The number of fused-ring (bicyclic) bond motifs is 1. The number of benzene rings is 1. The number of hydrogen-bond donors (Lipinski definition) is 3. The molecule has 2 aromatic rings. The molecule has 7 heteroatoms. The molecule has 0 saturated carbocycles. The molecule has 22 heavy (non-hydrogen) atoms. The van der Waals surface area contributed by atoms with Gasteiger partial charge in [-0.2, -0.15) is 5.10 Å². The van der Waals surface area contributed by atoms with Crippen molar-refractivity contribution in [1.29, 1.82) is 0 Å². The molecule has 2 heterocycles. The van der Waals surface area contributed by atoms with Crippen molar-refractivity contribution in [2.45, 2.75) is 25.9 Å². The summed E-state index contributed by atoms with van der Waals surface area (Å²) in [5, 5.41) is 9.77. The van der Waals surface area contributed by atoms with Crippen molar-refractivity contribution in [3.05, 3.63) is 47.2 Å². The topological polar surface area (TPSA) is 104 Å². The minimum atomic E-state index is -0.487. The number of carbonyl (C=O) groups is 2. The summed E-state index contributed by atoms with van der Waals surface area (Å²) in [5.74, 6) is 0.0340. The lowest BCUT2D eigenvalue weighted by molar-refractivity contribution is -0.117. The number of hydrogen-bond acceptors (Lipinski definition) is 3. The molecule has 3 amide bonds. The van der Waals surface area contributed by atoms with Crippen LogP contribution in [-0.2, 0) is 17.9 Å². The van der Waals surface area contributed by atoms with E-state index < -0.39 is 6.03 Å². The number of nitrogens with zero attached hydrogens (tertiary/aromatic N) is 2. The molecule has 1 atom stereocenters. The van der Waals surface area contributed by atoms with Gasteiger partial charge in [0, 0.05) is 5.56 Å². The molecule has 0 radical (unpaired) electrons. The summed E-state index contributed by atoms with van der Waals surface area (Å²) < 4.78 is 0. The molecule has 4 N–H and O–H groups in total. The normalized spacial score (nSPS) is 14.5. The van der Waals surface area contributed by atoms with Crippen molar-refractivity contribution in [2.75, 3.05) is 5.32 Å². The first kappa shape index (κ1) is 14.1. The average Bonchev–Trinajstić information content (AvgIpc) is 3.09. The van der Waals surface area contributed by atoms with Crippen LogP contribution in [-0.4, -0.2) is 27.0 Å². The first-order valence-electron chi connectivity index (χ1n) is 7.02. The quantitative estimate of drug-likeness (QED) is 0.800. The molecule has 114 valence electrons. The van der Waals surface area contributed by atoms with Crippen molar-refractivity contribution < 1.29 is 9.59 Å². The molecule has 1 aromatic heterocycles. The highest BCUT2D eigenvalue weighted by atomic mass is 16.2. The Kier molecular flexibility index (Phi) is 3.54. The number of aromatic nitrogens is 2. The number of H-pyrrole nitrogens is 1. The van der Waals surface area contributed by atoms with Crippen LogP contribution in [0, 0.1) is 0 Å². The highest BCUT2D eigenvalue weighted by molar-refractivity contribution is 5.95. The van der Waals surface area contributed by atoms with Crippen LogP contribution in [0.15, 0.2) is 30.3 Å². The standard InChI is InChI=1S/C15H17N5O2/c1-9(10-5-3-2-4-6-10)14(21)17-13-11-7-20(15(16)22)8-12(11)18-19-13/h2-6,9H,7-8H2,1H3,(H2,16,22)(H2,17,18,19,21). The van der Waals surface area contributed by atoms with Crippen molar-refractivity contribution in [1.82, 2.24) is 15.1 Å². The maximum atomic E-state index is 12.4. The van der Waals surface area contributed by atoms with E-state index in [4.69, 9.17) is 5.73 Å². The molecule has 1 aliphatic rings. The van der Waals surface area contributed by atoms with Crippen LogP contribution in [0.5, 0.6) is 0 Å². The highest BCUT2D eigenvalue weighted by Crippen LogP contribution is 2.27. The lowest BCUT2D eigenvalue weighted by atomic mass is 10.0. The predicted molar refractivity (Wildman–Crippen MR) is 80.9 cm³/mol. The Bertz CT molecular complexity index is 710. The number of urea groups is 1. The van der Waals surface area contributed by atoms with Gasteiger partial charge in [-0.15, -0.1) is 0 Å². The van der Waals surface area contributed by atoms with Gasteiger partial charge in [-0.1, -0.05) is 30.3 Å². The maximum Gasteiger partial charge on any atom is 0.315 e. The number of rotatable bonds is 3. The summed E-state index contributed by atoms with van der Waals surface area (Å²) in [7, 11) is 0. The Morgan fingerprint density at radius 2 is 2.05 bits per heavy atom. The van der Waals surface area contributed by atoms with E-state index in [9.17, 15) is 9.59 Å². The third-order valence-corrected chi connectivity index (χ3v) is 3.90. The fourth-order valence-corrected chi connectivity index (χ4v) is 2.52. The predicted octanol–water partition coefficient (Wildman–Crippen LogP) is 1.55. The van der Waals surface area contributed by atoms with E-state index in [0.717, 1.165) is 16.8 Å². The smallest absolute Gasteiger partial charge is 0.315 e.